The van der Waals surface area contributed by atoms with E-state index in [1.807, 2.05) is 0 Å². The number of phosphoric acid groups is 2. The Kier molecular flexibility index (Phi) is 8.95. The summed E-state index contributed by atoms with van der Waals surface area (Å²) in [6.45, 7) is 2.24. The zero-order valence-corrected chi connectivity index (χ0v) is 27.3. The number of aliphatic hydroxyl groups excluding tert-OH is 1. The van der Waals surface area contributed by atoms with E-state index in [4.69, 9.17) is 29.8 Å². The predicted molar refractivity (Wildman–Crippen MR) is 161 cm³/mol. The number of nitrogens with one attached hydrogen (secondary N) is 1. The molecule has 4 aromatic heterocycles. The molecule has 48 heavy (non-hydrogen) atoms. The van der Waals surface area contributed by atoms with Crippen molar-refractivity contribution >= 4 is 49.7 Å². The largest absolute Gasteiger partial charge is 0.472 e. The molecule has 1 aliphatic heterocycles. The highest BCUT2D eigenvalue weighted by Gasteiger charge is 2.53. The number of halogens is 1. The summed E-state index contributed by atoms with van der Waals surface area (Å²) in [5.74, 6) is -0.598. The predicted octanol–water partition coefficient (Wildman–Crippen LogP) is 0.573. The Bertz CT molecular complexity index is 1990. The highest BCUT2D eigenvalue weighted by atomic mass is 31.2. The van der Waals surface area contributed by atoms with Gasteiger partial charge >= 0.3 is 15.6 Å². The van der Waals surface area contributed by atoms with Gasteiger partial charge in [0.15, 0.2) is 35.0 Å². The van der Waals surface area contributed by atoms with Gasteiger partial charge in [-0.1, -0.05) is 13.8 Å². The van der Waals surface area contributed by atoms with Crippen LogP contribution in [0.4, 0.5) is 16.2 Å². The number of rotatable bonds is 11. The molecule has 0 bridgehead atoms. The van der Waals surface area contributed by atoms with Gasteiger partial charge in [0.05, 0.1) is 38.0 Å². The summed E-state index contributed by atoms with van der Waals surface area (Å²) < 4.78 is 69.8. The first-order valence-electron chi connectivity index (χ1n) is 14.4. The number of aromatic amines is 1. The highest BCUT2D eigenvalue weighted by Crippen LogP contribution is 2.55. The first kappa shape index (κ1) is 34.4. The third kappa shape index (κ3) is 6.24. The molecular weight excluding hydrogens is 685 g/mol. The maximum atomic E-state index is 16.1. The number of imidazole rings is 2. The quantitative estimate of drug-likeness (QED) is 0.115. The van der Waals surface area contributed by atoms with Gasteiger partial charge in [-0.15, -0.1) is 0 Å². The van der Waals surface area contributed by atoms with Crippen LogP contribution in [0.15, 0.2) is 23.8 Å². The Labute approximate surface area is 269 Å². The molecule has 262 valence electrons. The van der Waals surface area contributed by atoms with Gasteiger partial charge in [-0.05, 0) is 17.8 Å². The monoisotopic (exact) mass is 718 g/mol. The zero-order valence-electron chi connectivity index (χ0n) is 25.6. The van der Waals surface area contributed by atoms with E-state index in [9.17, 15) is 28.8 Å². The lowest BCUT2D eigenvalue weighted by Crippen LogP contribution is -2.34. The van der Waals surface area contributed by atoms with E-state index in [0.29, 0.717) is 0 Å². The third-order valence-corrected chi connectivity index (χ3v) is 10.7. The Morgan fingerprint density at radius 2 is 1.81 bits per heavy atom. The van der Waals surface area contributed by atoms with Crippen LogP contribution in [0.1, 0.15) is 32.5 Å². The number of phosphoric ester groups is 2. The summed E-state index contributed by atoms with van der Waals surface area (Å²) in [5.41, 5.74) is 10.4. The highest BCUT2D eigenvalue weighted by molar-refractivity contribution is 7.47. The lowest BCUT2D eigenvalue weighted by molar-refractivity contribution is -0.0470. The van der Waals surface area contributed by atoms with E-state index in [0.717, 1.165) is 18.0 Å². The lowest BCUT2D eigenvalue weighted by atomic mass is 9.81. The van der Waals surface area contributed by atoms with Crippen molar-refractivity contribution in [1.29, 1.82) is 0 Å². The van der Waals surface area contributed by atoms with Gasteiger partial charge in [-0.3, -0.25) is 32.4 Å². The molecule has 4 aromatic rings. The average Bonchev–Trinajstić information content (AvgIpc) is 3.76. The molecule has 0 amide bonds. The van der Waals surface area contributed by atoms with Crippen molar-refractivity contribution in [2.24, 2.45) is 11.3 Å². The van der Waals surface area contributed by atoms with Gasteiger partial charge in [0.2, 0.25) is 5.95 Å². The van der Waals surface area contributed by atoms with Crippen LogP contribution >= 0.6 is 15.6 Å². The molecule has 3 unspecified atom stereocenters. The smallest absolute Gasteiger partial charge is 0.391 e. The Balaban J connectivity index is 1.21. The fourth-order valence-electron chi connectivity index (χ4n) is 6.18. The minimum atomic E-state index is -5.10. The summed E-state index contributed by atoms with van der Waals surface area (Å²) in [6, 6.07) is -0.685. The number of nitrogen functional groups attached to an aromatic ring is 2. The van der Waals surface area contributed by atoms with E-state index in [1.54, 1.807) is 13.8 Å². The number of hydrogen-bond acceptors (Lipinski definition) is 16. The summed E-state index contributed by atoms with van der Waals surface area (Å²) >= 11 is 0. The molecule has 1 saturated heterocycles. The third-order valence-electron chi connectivity index (χ3n) is 8.83. The second-order valence-electron chi connectivity index (χ2n) is 11.8. The average molecular weight is 719 g/mol. The van der Waals surface area contributed by atoms with Crippen molar-refractivity contribution in [2.45, 2.75) is 57.0 Å². The molecule has 0 spiro atoms. The van der Waals surface area contributed by atoms with Crippen LogP contribution in [-0.2, 0) is 32.0 Å². The molecule has 2 aliphatic rings. The Hall–Kier alpha value is -3.43. The molecule has 1 aliphatic carbocycles. The summed E-state index contributed by atoms with van der Waals surface area (Å²) in [6.07, 6.45) is -4.47. The number of aromatic nitrogens is 8. The van der Waals surface area contributed by atoms with Gasteiger partial charge in [-0.25, -0.2) is 33.5 Å². The number of aliphatic hydroxyl groups is 1. The number of nitrogens with zero attached hydrogens (tertiary/aromatic N) is 7. The minimum absolute atomic E-state index is 0.00619. The Morgan fingerprint density at radius 1 is 1.10 bits per heavy atom. The summed E-state index contributed by atoms with van der Waals surface area (Å²) in [7, 11) is -8.78. The van der Waals surface area contributed by atoms with Gasteiger partial charge in [0.1, 0.15) is 24.1 Å². The number of alkyl halides is 1. The minimum Gasteiger partial charge on any atom is -0.391 e. The molecular formula is C24H33FN10O11P2. The molecule has 21 nitrogen and oxygen atoms in total. The number of anilines is 2. The molecule has 5 heterocycles. The van der Waals surface area contributed by atoms with Crippen LogP contribution in [0, 0.1) is 11.3 Å². The van der Waals surface area contributed by atoms with Crippen molar-refractivity contribution < 1.29 is 51.2 Å². The van der Waals surface area contributed by atoms with Gasteiger partial charge < -0.3 is 35.7 Å². The standard InChI is InChI=1S/C24H33FN10O11P2/c1-10-16(34-8-31-15-20(34)32-23(27)33-21(15)37)11(36)4-24(10,2)6-44-48(40,41)46-17-12(5-43-47(38,39)42-3)45-22(13(17)25)35-9-30-14-18(26)28-7-29-19(14)35/h7-13,16-17,22,36H,4-6H2,1-3H3,(H,38,39)(H,40,41)(H2,26,28,29)(H3,27,32,33,37)/t10-,11-,12-,13-,16-,17-,22-,24?/m1/s1. The van der Waals surface area contributed by atoms with Crippen LogP contribution in [0.5, 0.6) is 0 Å². The molecule has 2 fully saturated rings. The number of H-pyrrole nitrogens is 1. The molecule has 1 saturated carbocycles. The first-order chi connectivity index (χ1) is 22.5. The van der Waals surface area contributed by atoms with Crippen LogP contribution in [0.2, 0.25) is 0 Å². The molecule has 10 atom stereocenters. The van der Waals surface area contributed by atoms with Crippen molar-refractivity contribution in [1.82, 2.24) is 39.0 Å². The maximum absolute atomic E-state index is 16.1. The second-order valence-corrected chi connectivity index (χ2v) is 14.8. The fraction of sp³-hybridized carbons (Fsp3) is 0.583. The summed E-state index contributed by atoms with van der Waals surface area (Å²) in [4.78, 5) is 55.4. The van der Waals surface area contributed by atoms with Crippen LogP contribution in [0.3, 0.4) is 0 Å². The molecule has 24 heteroatoms. The van der Waals surface area contributed by atoms with E-state index in [2.05, 4.69) is 34.4 Å². The fourth-order valence-corrected chi connectivity index (χ4v) is 7.70. The van der Waals surface area contributed by atoms with Crippen LogP contribution in [0.25, 0.3) is 22.3 Å². The Morgan fingerprint density at radius 3 is 2.54 bits per heavy atom. The lowest BCUT2D eigenvalue weighted by Gasteiger charge is -2.32. The zero-order chi connectivity index (χ0) is 34.8. The van der Waals surface area contributed by atoms with Crippen LogP contribution < -0.4 is 17.0 Å². The van der Waals surface area contributed by atoms with Crippen molar-refractivity contribution in [3.63, 3.8) is 0 Å². The van der Waals surface area contributed by atoms with Crippen molar-refractivity contribution in [2.75, 3.05) is 31.8 Å². The van der Waals surface area contributed by atoms with Gasteiger partial charge in [0, 0.05) is 7.11 Å². The number of fused-ring (bicyclic) bond motifs is 2. The molecule has 0 aromatic carbocycles. The second kappa shape index (κ2) is 12.5. The SMILES string of the molecule is COP(=O)(O)OC[C@H]1O[C@@H](n2cnc3c(N)ncnc32)[C@H](F)[C@@H]1OP(=O)(O)OCC1(C)C[C@@H](O)[C@H](n2cnc3c(=O)[nH]c(N)nc32)[C@H]1C. The topological polar surface area (TPSA) is 300 Å². The van der Waals surface area contributed by atoms with E-state index < -0.39 is 82.5 Å². The molecule has 0 radical (unpaired) electrons. The van der Waals surface area contributed by atoms with E-state index >= 15 is 4.39 Å². The van der Waals surface area contributed by atoms with Gasteiger partial charge in [-0.2, -0.15) is 4.98 Å². The molecule has 6 rings (SSSR count). The maximum Gasteiger partial charge on any atom is 0.472 e. The number of ether oxygens (including phenoxy) is 1. The number of hydrogen-bond donors (Lipinski definition) is 6. The van der Waals surface area contributed by atoms with Crippen molar-refractivity contribution in [3.8, 4) is 0 Å². The normalized spacial score (nSPS) is 31.8. The first-order valence-corrected chi connectivity index (χ1v) is 17.3. The summed E-state index contributed by atoms with van der Waals surface area (Å²) in [5, 5.41) is 11.1. The van der Waals surface area contributed by atoms with Crippen LogP contribution in [-0.4, -0.2) is 98.7 Å². The van der Waals surface area contributed by atoms with E-state index in [-0.39, 0.29) is 40.5 Å². The van der Waals surface area contributed by atoms with Gasteiger partial charge in [0.25, 0.3) is 5.56 Å². The number of nitrogens with two attached hydrogens (primary N) is 2. The van der Waals surface area contributed by atoms with Crippen molar-refractivity contribution in [3.05, 3.63) is 29.3 Å². The van der Waals surface area contributed by atoms with E-state index in [1.165, 1.54) is 17.2 Å². The molecule has 8 N–H and O–H groups in total.